The average Bonchev–Trinajstić information content (AvgIpc) is 2.48. The highest BCUT2D eigenvalue weighted by Gasteiger charge is 2.15. The van der Waals surface area contributed by atoms with Crippen LogP contribution in [-0.4, -0.2) is 22.0 Å². The minimum atomic E-state index is 0.564. The molecule has 0 bridgehead atoms. The molecule has 112 valence electrons. The molecule has 0 aliphatic carbocycles. The molecule has 4 nitrogen and oxygen atoms in total. The molecule has 21 heavy (non-hydrogen) atoms. The van der Waals surface area contributed by atoms with Crippen LogP contribution in [0.15, 0.2) is 18.5 Å². The molecule has 1 N–H and O–H groups in total. The molecule has 0 aromatic carbocycles. The third kappa shape index (κ3) is 3.70. The van der Waals surface area contributed by atoms with E-state index in [2.05, 4.69) is 58.6 Å². The maximum absolute atomic E-state index is 4.81. The van der Waals surface area contributed by atoms with Crippen LogP contribution >= 0.6 is 22.6 Å². The van der Waals surface area contributed by atoms with E-state index in [1.54, 1.807) is 6.20 Å². The van der Waals surface area contributed by atoms with Crippen LogP contribution in [0.3, 0.4) is 0 Å². The van der Waals surface area contributed by atoms with Crippen LogP contribution in [0.2, 0.25) is 0 Å². The minimum Gasteiger partial charge on any atom is -0.372 e. The van der Waals surface area contributed by atoms with Gasteiger partial charge in [0.2, 0.25) is 0 Å². The highest BCUT2D eigenvalue weighted by atomic mass is 127. The second-order valence-electron chi connectivity index (χ2n) is 5.39. The highest BCUT2D eigenvalue weighted by molar-refractivity contribution is 14.1. The maximum Gasteiger partial charge on any atom is 0.162 e. The van der Waals surface area contributed by atoms with Crippen LogP contribution in [0.5, 0.6) is 0 Å². The molecule has 0 spiro atoms. The maximum atomic E-state index is 4.81. The van der Waals surface area contributed by atoms with Crippen LogP contribution in [0.4, 0.5) is 5.82 Å². The fourth-order valence-electron chi connectivity index (χ4n) is 2.23. The number of aryl methyl sites for hydroxylation is 1. The van der Waals surface area contributed by atoms with Gasteiger partial charge in [0.15, 0.2) is 5.82 Å². The van der Waals surface area contributed by atoms with Crippen molar-refractivity contribution in [3.05, 3.63) is 33.3 Å². The van der Waals surface area contributed by atoms with E-state index in [1.165, 1.54) is 5.56 Å². The van der Waals surface area contributed by atoms with E-state index >= 15 is 0 Å². The van der Waals surface area contributed by atoms with Crippen molar-refractivity contribution in [1.82, 2.24) is 15.0 Å². The summed E-state index contributed by atoms with van der Waals surface area (Å²) < 4.78 is 1.11. The largest absolute Gasteiger partial charge is 0.372 e. The third-order valence-corrected chi connectivity index (χ3v) is 4.42. The van der Waals surface area contributed by atoms with Gasteiger partial charge in [0.25, 0.3) is 0 Å². The lowest BCUT2D eigenvalue weighted by Gasteiger charge is -2.14. The highest BCUT2D eigenvalue weighted by Crippen LogP contribution is 2.27. The summed E-state index contributed by atoms with van der Waals surface area (Å²) in [7, 11) is 1.90. The number of nitrogens with one attached hydrogen (secondary N) is 1. The van der Waals surface area contributed by atoms with Gasteiger partial charge >= 0.3 is 0 Å². The van der Waals surface area contributed by atoms with Gasteiger partial charge in [-0.1, -0.05) is 20.8 Å². The molecule has 2 rings (SSSR count). The number of halogens is 1. The predicted molar refractivity (Wildman–Crippen MR) is 95.4 cm³/mol. The topological polar surface area (TPSA) is 50.7 Å². The summed E-state index contributed by atoms with van der Waals surface area (Å²) in [6, 6.07) is 2.00. The van der Waals surface area contributed by atoms with E-state index < -0.39 is 0 Å². The van der Waals surface area contributed by atoms with Crippen LogP contribution in [0, 0.1) is 9.49 Å². The van der Waals surface area contributed by atoms with Gasteiger partial charge in [0.1, 0.15) is 5.82 Å². The minimum absolute atomic E-state index is 0.564. The molecule has 2 aromatic heterocycles. The summed E-state index contributed by atoms with van der Waals surface area (Å²) in [5, 5.41) is 3.18. The second-order valence-corrected chi connectivity index (χ2v) is 6.47. The zero-order valence-electron chi connectivity index (χ0n) is 12.9. The molecule has 2 aromatic rings. The first kappa shape index (κ1) is 16.1. The molecule has 0 saturated carbocycles. The average molecular weight is 396 g/mol. The smallest absolute Gasteiger partial charge is 0.162 e. The van der Waals surface area contributed by atoms with Crippen molar-refractivity contribution in [2.75, 3.05) is 12.4 Å². The molecule has 2 heterocycles. The van der Waals surface area contributed by atoms with E-state index in [0.29, 0.717) is 5.92 Å². The van der Waals surface area contributed by atoms with Gasteiger partial charge in [-0.15, -0.1) is 0 Å². The first-order chi connectivity index (χ1) is 10.1. The lowest BCUT2D eigenvalue weighted by molar-refractivity contribution is 0.632. The Bertz CT molecular complexity index is 626. The third-order valence-electron chi connectivity index (χ3n) is 3.28. The first-order valence-corrected chi connectivity index (χ1v) is 8.32. The van der Waals surface area contributed by atoms with Gasteiger partial charge < -0.3 is 5.32 Å². The Hall–Kier alpha value is -1.24. The Morgan fingerprint density at radius 2 is 2.05 bits per heavy atom. The summed E-state index contributed by atoms with van der Waals surface area (Å²) in [6.07, 6.45) is 5.58. The zero-order valence-corrected chi connectivity index (χ0v) is 15.1. The Labute approximate surface area is 140 Å². The van der Waals surface area contributed by atoms with Gasteiger partial charge in [0.05, 0.1) is 9.26 Å². The molecule has 0 aliphatic heterocycles. The summed E-state index contributed by atoms with van der Waals surface area (Å²) in [6.45, 7) is 6.54. The van der Waals surface area contributed by atoms with Crippen molar-refractivity contribution >= 4 is 28.4 Å². The molecule has 0 unspecified atom stereocenters. The quantitative estimate of drug-likeness (QED) is 0.778. The van der Waals surface area contributed by atoms with Crippen molar-refractivity contribution in [3.63, 3.8) is 0 Å². The lowest BCUT2D eigenvalue weighted by Crippen LogP contribution is -2.08. The Morgan fingerprint density at radius 3 is 2.67 bits per heavy atom. The molecule has 0 aliphatic rings. The molecule has 0 amide bonds. The fraction of sp³-hybridized carbons (Fsp3) is 0.438. The summed E-state index contributed by atoms with van der Waals surface area (Å²) in [5.74, 6) is 2.25. The number of nitrogens with zero attached hydrogens (tertiary/aromatic N) is 3. The van der Waals surface area contributed by atoms with Crippen molar-refractivity contribution in [2.45, 2.75) is 33.6 Å². The van der Waals surface area contributed by atoms with Gasteiger partial charge in [-0.05, 0) is 53.0 Å². The van der Waals surface area contributed by atoms with E-state index in [1.807, 2.05) is 19.3 Å². The van der Waals surface area contributed by atoms with Crippen molar-refractivity contribution in [1.29, 1.82) is 0 Å². The number of hydrogen-bond donors (Lipinski definition) is 1. The van der Waals surface area contributed by atoms with E-state index in [-0.39, 0.29) is 0 Å². The summed E-state index contributed by atoms with van der Waals surface area (Å²) >= 11 is 2.33. The zero-order chi connectivity index (χ0) is 15.4. The number of hydrogen-bond acceptors (Lipinski definition) is 4. The monoisotopic (exact) mass is 396 g/mol. The number of pyridine rings is 1. The van der Waals surface area contributed by atoms with Crippen LogP contribution < -0.4 is 5.32 Å². The van der Waals surface area contributed by atoms with Gasteiger partial charge in [-0.3, -0.25) is 4.98 Å². The lowest BCUT2D eigenvalue weighted by atomic mass is 10.1. The molecule has 0 radical (unpaired) electrons. The van der Waals surface area contributed by atoms with Crippen molar-refractivity contribution < 1.29 is 0 Å². The van der Waals surface area contributed by atoms with Gasteiger partial charge in [-0.2, -0.15) is 0 Å². The second kappa shape index (κ2) is 7.15. The molecular weight excluding hydrogens is 375 g/mol. The van der Waals surface area contributed by atoms with Crippen LogP contribution in [0.25, 0.3) is 11.4 Å². The molecular formula is C16H21IN4. The normalized spacial score (nSPS) is 11.0. The van der Waals surface area contributed by atoms with E-state index in [9.17, 15) is 0 Å². The van der Waals surface area contributed by atoms with Gasteiger partial charge in [-0.25, -0.2) is 9.97 Å². The molecule has 0 saturated heterocycles. The van der Waals surface area contributed by atoms with Crippen LogP contribution in [0.1, 0.15) is 32.0 Å². The molecule has 5 heteroatoms. The van der Waals surface area contributed by atoms with Crippen molar-refractivity contribution in [3.8, 4) is 11.4 Å². The SMILES string of the molecule is CCc1cnccc1-c1nc(CC(C)C)c(I)c(NC)n1. The van der Waals surface area contributed by atoms with E-state index in [0.717, 1.165) is 39.3 Å². The Kier molecular flexibility index (Phi) is 5.50. The standard InChI is InChI=1S/C16H21IN4/c1-5-11-9-19-7-6-12(11)15-20-13(8-10(2)3)14(17)16(18-4)21-15/h6-7,9-10H,5,8H2,1-4H3,(H,18,20,21). The predicted octanol–water partition coefficient (Wildman–Crippen LogP) is 3.95. The van der Waals surface area contributed by atoms with E-state index in [4.69, 9.17) is 4.98 Å². The van der Waals surface area contributed by atoms with Crippen LogP contribution in [-0.2, 0) is 12.8 Å². The summed E-state index contributed by atoms with van der Waals surface area (Å²) in [4.78, 5) is 13.7. The van der Waals surface area contributed by atoms with Crippen molar-refractivity contribution in [2.24, 2.45) is 5.92 Å². The number of aromatic nitrogens is 3. The van der Waals surface area contributed by atoms with Gasteiger partial charge in [0, 0.05) is 25.0 Å². The molecule has 0 atom stereocenters. The summed E-state index contributed by atoms with van der Waals surface area (Å²) in [5.41, 5.74) is 3.36. The fourth-order valence-corrected chi connectivity index (χ4v) is 2.96. The molecule has 0 fully saturated rings. The number of rotatable bonds is 5. The number of anilines is 1. The first-order valence-electron chi connectivity index (χ1n) is 7.24. The Balaban J connectivity index is 2.58. The Morgan fingerprint density at radius 1 is 1.29 bits per heavy atom.